The molecule has 0 aromatic heterocycles. The number of anilines is 1. The molecule has 0 aliphatic heterocycles. The number of aliphatic hydroxyl groups excluding tert-OH is 2. The zero-order valence-corrected chi connectivity index (χ0v) is 26.4. The van der Waals surface area contributed by atoms with E-state index in [2.05, 4.69) is 0 Å². The molecule has 3 atom stereocenters. The topological polar surface area (TPSA) is 133 Å². The highest BCUT2D eigenvalue weighted by molar-refractivity contribution is 7.99. The fraction of sp³-hybridized carbons (Fsp3) is 0.382. The lowest BCUT2D eigenvalue weighted by atomic mass is 9.94. The Kier molecular flexibility index (Phi) is 13.4. The van der Waals surface area contributed by atoms with E-state index in [4.69, 9.17) is 10.5 Å². The third kappa shape index (κ3) is 11.1. The van der Waals surface area contributed by atoms with E-state index in [-0.39, 0.29) is 31.9 Å². The van der Waals surface area contributed by atoms with Gasteiger partial charge in [-0.25, -0.2) is 4.79 Å². The minimum atomic E-state index is -1.10. The van der Waals surface area contributed by atoms with Crippen LogP contribution in [0, 0.1) is 5.92 Å². The molecule has 3 rings (SSSR count). The first-order valence-corrected chi connectivity index (χ1v) is 15.6. The standard InChI is InChI=1S/C34H43N3O6S/c1-34(2,3)43-33(42)37(31(40)23-36(19-20-38)27-15-9-5-10-16-27)32(41)26(24-44-28-17-11-6-12-18-28)22-30(39)29(35)21-25-13-7-4-8-14-25/h4-18,26,29-30,38-39H,19-24,35H2,1-3H3/t26-,29-,30-/m0/s1. The third-order valence-corrected chi connectivity index (χ3v) is 7.92. The Morgan fingerprint density at radius 3 is 2.05 bits per heavy atom. The molecule has 0 unspecified atom stereocenters. The first-order valence-electron chi connectivity index (χ1n) is 14.6. The van der Waals surface area contributed by atoms with Crippen molar-refractivity contribution in [1.82, 2.24) is 4.90 Å². The second-order valence-electron chi connectivity index (χ2n) is 11.5. The van der Waals surface area contributed by atoms with Crippen molar-refractivity contribution in [3.8, 4) is 0 Å². The molecule has 9 nitrogen and oxygen atoms in total. The van der Waals surface area contributed by atoms with Gasteiger partial charge in [0.2, 0.25) is 5.91 Å². The molecular weight excluding hydrogens is 578 g/mol. The van der Waals surface area contributed by atoms with Gasteiger partial charge in [0.25, 0.3) is 5.91 Å². The first-order chi connectivity index (χ1) is 21.0. The van der Waals surface area contributed by atoms with E-state index in [0.29, 0.717) is 17.0 Å². The Morgan fingerprint density at radius 2 is 1.48 bits per heavy atom. The summed E-state index contributed by atoms with van der Waals surface area (Å²) < 4.78 is 5.52. The zero-order chi connectivity index (χ0) is 32.1. The van der Waals surface area contributed by atoms with Crippen LogP contribution in [0.25, 0.3) is 0 Å². The van der Waals surface area contributed by atoms with Crippen LogP contribution in [0.1, 0.15) is 32.8 Å². The molecule has 0 saturated heterocycles. The Balaban J connectivity index is 1.90. The number of carbonyl (C=O) groups excluding carboxylic acids is 3. The van der Waals surface area contributed by atoms with Gasteiger partial charge in [0.05, 0.1) is 25.2 Å². The molecule has 0 radical (unpaired) electrons. The number of hydrogen-bond acceptors (Lipinski definition) is 9. The highest BCUT2D eigenvalue weighted by Crippen LogP contribution is 2.26. The van der Waals surface area contributed by atoms with Gasteiger partial charge >= 0.3 is 6.09 Å². The van der Waals surface area contributed by atoms with Gasteiger partial charge < -0.3 is 25.6 Å². The summed E-state index contributed by atoms with van der Waals surface area (Å²) in [5.74, 6) is -2.35. The van der Waals surface area contributed by atoms with Crippen LogP contribution < -0.4 is 10.6 Å². The SMILES string of the molecule is CC(C)(C)OC(=O)N(C(=O)CN(CCO)c1ccccc1)C(=O)[C@H](CSc1ccccc1)C[C@H](O)[C@@H](N)Cc1ccccc1. The average Bonchev–Trinajstić information content (AvgIpc) is 2.99. The van der Waals surface area contributed by atoms with E-state index >= 15 is 0 Å². The van der Waals surface area contributed by atoms with Crippen molar-refractivity contribution in [2.45, 2.75) is 56.3 Å². The zero-order valence-electron chi connectivity index (χ0n) is 25.5. The van der Waals surface area contributed by atoms with Gasteiger partial charge in [0.15, 0.2) is 0 Å². The molecule has 3 amide bonds. The summed E-state index contributed by atoms with van der Waals surface area (Å²) in [4.78, 5) is 44.5. The molecule has 10 heteroatoms. The van der Waals surface area contributed by atoms with Crippen molar-refractivity contribution in [2.24, 2.45) is 11.7 Å². The van der Waals surface area contributed by atoms with E-state index in [1.54, 1.807) is 49.9 Å². The molecule has 3 aromatic carbocycles. The summed E-state index contributed by atoms with van der Waals surface area (Å²) in [5, 5.41) is 20.8. The molecule has 0 aliphatic carbocycles. The van der Waals surface area contributed by atoms with Crippen LogP contribution in [0.15, 0.2) is 95.9 Å². The summed E-state index contributed by atoms with van der Waals surface area (Å²) in [7, 11) is 0. The fourth-order valence-corrected chi connectivity index (χ4v) is 5.56. The van der Waals surface area contributed by atoms with Crippen molar-refractivity contribution in [3.05, 3.63) is 96.6 Å². The Morgan fingerprint density at radius 1 is 0.909 bits per heavy atom. The van der Waals surface area contributed by atoms with Gasteiger partial charge in [-0.3, -0.25) is 9.59 Å². The molecule has 0 spiro atoms. The predicted octanol–water partition coefficient (Wildman–Crippen LogP) is 4.51. The summed E-state index contributed by atoms with van der Waals surface area (Å²) in [5.41, 5.74) is 6.98. The maximum atomic E-state index is 14.2. The number of nitrogens with zero attached hydrogens (tertiary/aromatic N) is 2. The second kappa shape index (κ2) is 17.0. The molecule has 0 heterocycles. The Hall–Kier alpha value is -3.70. The number of ether oxygens (including phenoxy) is 1. The number of imide groups is 3. The third-order valence-electron chi connectivity index (χ3n) is 6.74. The fourth-order valence-electron chi connectivity index (χ4n) is 4.54. The summed E-state index contributed by atoms with van der Waals surface area (Å²) in [6.45, 7) is 4.44. The highest BCUT2D eigenvalue weighted by Gasteiger charge is 2.38. The van der Waals surface area contributed by atoms with E-state index in [1.165, 1.54) is 11.8 Å². The molecule has 44 heavy (non-hydrogen) atoms. The number of rotatable bonds is 14. The number of carbonyl (C=O) groups is 3. The van der Waals surface area contributed by atoms with E-state index in [0.717, 1.165) is 10.5 Å². The number of benzene rings is 3. The van der Waals surface area contributed by atoms with Crippen molar-refractivity contribution in [3.63, 3.8) is 0 Å². The maximum Gasteiger partial charge on any atom is 0.424 e. The number of para-hydroxylation sites is 1. The van der Waals surface area contributed by atoms with Crippen LogP contribution in [0.3, 0.4) is 0 Å². The molecule has 236 valence electrons. The van der Waals surface area contributed by atoms with Crippen molar-refractivity contribution >= 4 is 35.4 Å². The number of nitrogens with two attached hydrogens (primary N) is 1. The minimum Gasteiger partial charge on any atom is -0.443 e. The lowest BCUT2D eigenvalue weighted by molar-refractivity contribution is -0.145. The second-order valence-corrected chi connectivity index (χ2v) is 12.6. The molecular formula is C34H43N3O6S. The first kappa shape index (κ1) is 34.8. The lowest BCUT2D eigenvalue weighted by Gasteiger charge is -2.31. The van der Waals surface area contributed by atoms with Gasteiger partial charge in [-0.05, 0) is 63.4 Å². The molecule has 4 N–H and O–H groups in total. The minimum absolute atomic E-state index is 0.0711. The van der Waals surface area contributed by atoms with Crippen LogP contribution in [0.2, 0.25) is 0 Å². The Labute approximate surface area is 264 Å². The quantitative estimate of drug-likeness (QED) is 0.223. The lowest BCUT2D eigenvalue weighted by Crippen LogP contribution is -2.52. The van der Waals surface area contributed by atoms with Crippen LogP contribution in [0.5, 0.6) is 0 Å². The smallest absolute Gasteiger partial charge is 0.424 e. The van der Waals surface area contributed by atoms with Gasteiger partial charge in [-0.2, -0.15) is 4.90 Å². The van der Waals surface area contributed by atoms with E-state index in [1.807, 2.05) is 66.7 Å². The maximum absolute atomic E-state index is 14.2. The molecule has 0 bridgehead atoms. The van der Waals surface area contributed by atoms with Gasteiger partial charge in [0, 0.05) is 28.9 Å². The molecule has 0 saturated carbocycles. The normalized spacial score (nSPS) is 13.4. The van der Waals surface area contributed by atoms with Crippen molar-refractivity contribution in [1.29, 1.82) is 0 Å². The van der Waals surface area contributed by atoms with Crippen LogP contribution in [0.4, 0.5) is 10.5 Å². The van der Waals surface area contributed by atoms with Gasteiger partial charge in [-0.1, -0.05) is 66.7 Å². The number of thioether (sulfide) groups is 1. The number of aliphatic hydroxyl groups is 2. The van der Waals surface area contributed by atoms with E-state index < -0.39 is 41.6 Å². The molecule has 3 aromatic rings. The van der Waals surface area contributed by atoms with E-state index in [9.17, 15) is 24.6 Å². The largest absolute Gasteiger partial charge is 0.443 e. The summed E-state index contributed by atoms with van der Waals surface area (Å²) in [6, 6.07) is 27.2. The number of amides is 3. The number of hydrogen-bond donors (Lipinski definition) is 3. The van der Waals surface area contributed by atoms with Crippen molar-refractivity contribution < 1.29 is 29.3 Å². The van der Waals surface area contributed by atoms with Gasteiger partial charge in [-0.15, -0.1) is 11.8 Å². The van der Waals surface area contributed by atoms with Crippen LogP contribution in [-0.2, 0) is 20.7 Å². The highest BCUT2D eigenvalue weighted by atomic mass is 32.2. The molecule has 0 aliphatic rings. The van der Waals surface area contributed by atoms with Crippen LogP contribution >= 0.6 is 11.8 Å². The monoisotopic (exact) mass is 621 g/mol. The summed E-state index contributed by atoms with van der Waals surface area (Å²) >= 11 is 1.38. The molecule has 0 fully saturated rings. The van der Waals surface area contributed by atoms with Crippen LogP contribution in [-0.4, -0.2) is 76.2 Å². The van der Waals surface area contributed by atoms with Gasteiger partial charge in [0.1, 0.15) is 5.60 Å². The average molecular weight is 622 g/mol. The van der Waals surface area contributed by atoms with Crippen molar-refractivity contribution in [2.75, 3.05) is 30.3 Å². The predicted molar refractivity (Wildman–Crippen MR) is 173 cm³/mol. The Bertz CT molecular complexity index is 1320. The summed E-state index contributed by atoms with van der Waals surface area (Å²) in [6.07, 6.45) is -1.87.